The fourth-order valence-corrected chi connectivity index (χ4v) is 16.4. The molecule has 0 fully saturated rings. The van der Waals surface area contributed by atoms with E-state index in [1.54, 1.807) is 109 Å². The fraction of sp³-hybridized carbons (Fsp3) is 0. The van der Waals surface area contributed by atoms with Crippen molar-refractivity contribution in [3.8, 4) is 66.8 Å². The van der Waals surface area contributed by atoms with Gasteiger partial charge in [-0.3, -0.25) is 0 Å². The molecular weight excluding hydrogens is 1450 g/mol. The molecule has 0 atom stereocenters. The molecule has 0 amide bonds. The molecule has 13 rings (SSSR count). The Morgan fingerprint density at radius 2 is 0.302 bits per heavy atom. The minimum atomic E-state index is -1.28. The number of fused-ring (bicyclic) bond motifs is 9. The first-order valence-electron chi connectivity index (χ1n) is 27.3. The van der Waals surface area contributed by atoms with Gasteiger partial charge in [0.2, 0.25) is 0 Å². The van der Waals surface area contributed by atoms with Gasteiger partial charge in [-0.25, -0.2) is 58.7 Å². The lowest BCUT2D eigenvalue weighted by Crippen LogP contribution is -2.03. The largest absolute Gasteiger partial charge is 0.478 e. The van der Waals surface area contributed by atoms with Crippen LogP contribution in [-0.4, -0.2) is 96.4 Å². The summed E-state index contributed by atoms with van der Waals surface area (Å²) in [6, 6.07) is 28.7. The van der Waals surface area contributed by atoms with Crippen LogP contribution in [0.3, 0.4) is 0 Å². The van der Waals surface area contributed by atoms with Crippen molar-refractivity contribution in [1.82, 2.24) is 29.9 Å². The summed E-state index contributed by atoms with van der Waals surface area (Å²) in [6.07, 6.45) is 0. The predicted molar refractivity (Wildman–Crippen MR) is 400 cm³/mol. The number of hydrogen-bond donors (Lipinski definition) is 18. The zero-order chi connectivity index (χ0) is 68.7. The molecule has 0 aliphatic heterocycles. The normalized spacial score (nSPS) is 11.6. The number of aromatic carboxylic acids is 6. The number of carbonyl (C=O) groups is 6. The summed E-state index contributed by atoms with van der Waals surface area (Å²) in [5.41, 5.74) is 6.38. The smallest absolute Gasteiger partial charge is 0.337 e. The molecule has 0 unspecified atom stereocenters. The number of hydrogen-bond acceptors (Lipinski definition) is 24. The highest BCUT2D eigenvalue weighted by Crippen LogP contribution is 2.47. The molecule has 474 valence electrons. The molecule has 0 aliphatic carbocycles. The topological polar surface area (TPSA) is 301 Å². The van der Waals surface area contributed by atoms with Crippen LogP contribution < -0.4 is 0 Å². The Morgan fingerprint density at radius 3 is 0.396 bits per heavy atom. The van der Waals surface area contributed by atoms with E-state index < -0.39 is 35.8 Å². The van der Waals surface area contributed by atoms with Crippen molar-refractivity contribution in [2.24, 2.45) is 0 Å². The van der Waals surface area contributed by atoms with Gasteiger partial charge in [0.1, 0.15) is 33.1 Å². The third kappa shape index (κ3) is 11.6. The second-order valence-electron chi connectivity index (χ2n) is 21.6. The third-order valence-corrected chi connectivity index (χ3v) is 20.0. The van der Waals surface area contributed by atoms with Crippen LogP contribution in [0.2, 0.25) is 0 Å². The van der Waals surface area contributed by atoms with Crippen LogP contribution in [0, 0.1) is 0 Å². The molecule has 0 saturated heterocycles. The number of benzene rings is 10. The van der Waals surface area contributed by atoms with E-state index in [2.05, 4.69) is 152 Å². The SMILES string of the molecule is O=C(O)c1c(S)cc(-c2cc3nc4c5nc6cc(-c7cc(S)c(C(=O)O)c(S)c7)c(-c7cc(S)c(C(=O)O)c(S)c7)cc6nc5c5nc6cc(-c7cc(S)c(C(=O)O)c(S)c7)c(-c7cc(S)c(C(=O)O)c(S)c7)cc6nc5c4nc3cc2-c2cc(S)c(C(=O)O)c(S)c2)cc1S. The fourth-order valence-electron chi connectivity index (χ4n) is 11.7. The average molecular weight is 1490 g/mol. The summed E-state index contributed by atoms with van der Waals surface area (Å²) in [5, 5.41) is 60.9. The maximum absolute atomic E-state index is 12.5. The first-order valence-corrected chi connectivity index (χ1v) is 32.7. The van der Waals surface area contributed by atoms with Gasteiger partial charge >= 0.3 is 35.8 Å². The lowest BCUT2D eigenvalue weighted by Gasteiger charge is -2.18. The van der Waals surface area contributed by atoms with Crippen LogP contribution in [0.4, 0.5) is 0 Å². The number of aromatic nitrogens is 6. The molecule has 3 heterocycles. The van der Waals surface area contributed by atoms with Gasteiger partial charge in [0, 0.05) is 58.7 Å². The van der Waals surface area contributed by atoms with E-state index in [9.17, 15) is 59.4 Å². The number of rotatable bonds is 12. The van der Waals surface area contributed by atoms with Gasteiger partial charge in [0.05, 0.1) is 66.5 Å². The number of nitrogens with zero attached hydrogens (tertiary/aromatic N) is 6. The Morgan fingerprint density at radius 1 is 0.198 bits per heavy atom. The van der Waals surface area contributed by atoms with E-state index in [0.29, 0.717) is 66.8 Å². The molecule has 0 radical (unpaired) electrons. The minimum Gasteiger partial charge on any atom is -0.478 e. The highest BCUT2D eigenvalue weighted by Gasteiger charge is 2.28. The Bertz CT molecular complexity index is 4800. The molecule has 30 heteroatoms. The quantitative estimate of drug-likeness (QED) is 0.0307. The third-order valence-electron chi connectivity index (χ3n) is 15.8. The van der Waals surface area contributed by atoms with E-state index >= 15 is 0 Å². The summed E-state index contributed by atoms with van der Waals surface area (Å²) < 4.78 is 0. The summed E-state index contributed by atoms with van der Waals surface area (Å²) in [6.45, 7) is 0. The highest BCUT2D eigenvalue weighted by molar-refractivity contribution is 7.83. The molecule has 13 aromatic rings. The minimum absolute atomic E-state index is 0.0710. The highest BCUT2D eigenvalue weighted by atomic mass is 32.1. The van der Waals surface area contributed by atoms with Crippen molar-refractivity contribution in [3.63, 3.8) is 0 Å². The van der Waals surface area contributed by atoms with Gasteiger partial charge < -0.3 is 30.6 Å². The van der Waals surface area contributed by atoms with Crippen molar-refractivity contribution >= 4 is 254 Å². The summed E-state index contributed by atoms with van der Waals surface area (Å²) in [4.78, 5) is 108. The Hall–Kier alpha value is -7.98. The van der Waals surface area contributed by atoms with Gasteiger partial charge in [0.15, 0.2) is 0 Å². The van der Waals surface area contributed by atoms with E-state index in [-0.39, 0.29) is 158 Å². The summed E-state index contributed by atoms with van der Waals surface area (Å²) in [7, 11) is 0. The molecule has 6 N–H and O–H groups in total. The van der Waals surface area contributed by atoms with E-state index in [0.717, 1.165) is 0 Å². The zero-order valence-corrected chi connectivity index (χ0v) is 58.3. The van der Waals surface area contributed by atoms with Gasteiger partial charge in [-0.2, -0.15) is 0 Å². The van der Waals surface area contributed by atoms with Gasteiger partial charge in [0.25, 0.3) is 0 Å². The van der Waals surface area contributed by atoms with E-state index in [1.165, 1.54) is 0 Å². The van der Waals surface area contributed by atoms with Crippen molar-refractivity contribution in [3.05, 3.63) is 143 Å². The average Bonchev–Trinajstić information content (AvgIpc) is 0.719. The van der Waals surface area contributed by atoms with E-state index in [4.69, 9.17) is 29.9 Å². The first-order chi connectivity index (χ1) is 45.5. The monoisotopic (exact) mass is 1490 g/mol. The van der Waals surface area contributed by atoms with Crippen molar-refractivity contribution in [2.75, 3.05) is 0 Å². The van der Waals surface area contributed by atoms with Crippen molar-refractivity contribution in [1.29, 1.82) is 0 Å². The molecule has 0 aliphatic rings. The van der Waals surface area contributed by atoms with Gasteiger partial charge in [-0.05, 0) is 176 Å². The van der Waals surface area contributed by atoms with Crippen LogP contribution >= 0.6 is 152 Å². The zero-order valence-electron chi connectivity index (χ0n) is 47.6. The molecular formula is C66H36N6O12S12. The molecule has 18 nitrogen and oxygen atoms in total. The van der Waals surface area contributed by atoms with Crippen LogP contribution in [0.25, 0.3) is 133 Å². The van der Waals surface area contributed by atoms with Gasteiger partial charge in [-0.15, -0.1) is 152 Å². The summed E-state index contributed by atoms with van der Waals surface area (Å²) >= 11 is 54.8. The lowest BCUT2D eigenvalue weighted by atomic mass is 9.92. The van der Waals surface area contributed by atoms with Crippen LogP contribution in [-0.2, 0) is 0 Å². The summed E-state index contributed by atoms with van der Waals surface area (Å²) in [5.74, 6) is -7.66. The molecule has 3 aromatic heterocycles. The Labute approximate surface area is 605 Å². The number of carboxylic acid groups (broad SMARTS) is 6. The van der Waals surface area contributed by atoms with E-state index in [1.807, 2.05) is 0 Å². The second-order valence-corrected chi connectivity index (χ2v) is 27.4. The first kappa shape index (κ1) is 66.6. The molecule has 96 heavy (non-hydrogen) atoms. The van der Waals surface area contributed by atoms with Crippen LogP contribution in [0.5, 0.6) is 0 Å². The van der Waals surface area contributed by atoms with Crippen molar-refractivity contribution < 1.29 is 59.4 Å². The molecule has 0 spiro atoms. The van der Waals surface area contributed by atoms with Gasteiger partial charge in [-0.1, -0.05) is 0 Å². The predicted octanol–water partition coefficient (Wildman–Crippen LogP) is 16.6. The Balaban J connectivity index is 1.19. The van der Waals surface area contributed by atoms with Crippen LogP contribution in [0.15, 0.2) is 168 Å². The van der Waals surface area contributed by atoms with Crippen LogP contribution in [0.1, 0.15) is 62.1 Å². The Kier molecular flexibility index (Phi) is 17.5. The maximum Gasteiger partial charge on any atom is 0.337 e. The lowest BCUT2D eigenvalue weighted by molar-refractivity contribution is 0.0678. The molecule has 10 aromatic carbocycles. The standard InChI is InChI=1S/C66H36N6O12S12/c73-61(74)49-37(85)1-19(2-38(49)86)25-13-31-32(14-26(25)20-3-39(87)50(62(75)76)40(88)4-20)68-56-55(67-31)57-59(71-34-16-28(22-7-43(91)52(64(79)80)44(92)8-22)27(15-33(34)69-57)21-5-41(89)51(63(77)78)42(90)6-21)60-58(56)70-35-17-29(23-9-45(93)53(65(81)82)46(94)10-23)30(18-36(35)72-60)24-11-47(95)54(66(83)84)48(96)12-24/h1-18,85-96H,(H,73,74)(H,75,76)(H,77,78)(H,79,80)(H,81,82)(H,83,84). The number of thiol groups is 12. The maximum atomic E-state index is 12.5. The molecule has 0 bridgehead atoms. The second kappa shape index (κ2) is 25.1. The number of carboxylic acids is 6. The van der Waals surface area contributed by atoms with Crippen molar-refractivity contribution in [2.45, 2.75) is 58.7 Å². The molecule has 0 saturated carbocycles.